The number of aryl methyl sites for hydroxylation is 1. The number of carbonyl (C=O) groups excluding carboxylic acids is 1. The Hall–Kier alpha value is -3.18. The Morgan fingerprint density at radius 1 is 1.32 bits per heavy atom. The van der Waals surface area contributed by atoms with E-state index in [0.717, 1.165) is 56.1 Å². The van der Waals surface area contributed by atoms with Gasteiger partial charge in [0, 0.05) is 49.5 Å². The number of aromatic nitrogens is 2. The van der Waals surface area contributed by atoms with Gasteiger partial charge in [-0.1, -0.05) is 19.4 Å². The first kappa shape index (κ1) is 22.5. The third-order valence-corrected chi connectivity index (χ3v) is 5.18. The minimum atomic E-state index is 0.0923. The monoisotopic (exact) mass is 421 g/mol. The van der Waals surface area contributed by atoms with Crippen LogP contribution in [0.1, 0.15) is 37.4 Å². The minimum absolute atomic E-state index is 0.0923. The van der Waals surface area contributed by atoms with Crippen LogP contribution in [-0.4, -0.2) is 60.5 Å². The maximum Gasteiger partial charge on any atom is 0.229 e. The van der Waals surface area contributed by atoms with Gasteiger partial charge in [-0.25, -0.2) is 4.98 Å². The number of rotatable bonds is 9. The van der Waals surface area contributed by atoms with E-state index in [1.165, 1.54) is 0 Å². The van der Waals surface area contributed by atoms with Crippen LogP contribution >= 0.6 is 0 Å². The molecule has 0 radical (unpaired) electrons. The highest BCUT2D eigenvalue weighted by molar-refractivity contribution is 5.76. The molecule has 1 aromatic heterocycles. The van der Waals surface area contributed by atoms with Crippen LogP contribution in [0.25, 0.3) is 0 Å². The van der Waals surface area contributed by atoms with Crippen molar-refractivity contribution in [1.82, 2.24) is 20.2 Å². The fraction of sp³-hybridized carbons (Fsp3) is 0.478. The summed E-state index contributed by atoms with van der Waals surface area (Å²) in [5.41, 5.74) is 2.35. The average Bonchev–Trinajstić information content (AvgIpc) is 3.21. The summed E-state index contributed by atoms with van der Waals surface area (Å²) in [7, 11) is 3.94. The van der Waals surface area contributed by atoms with E-state index in [0.29, 0.717) is 17.9 Å². The lowest BCUT2D eigenvalue weighted by Crippen LogP contribution is -2.38. The molecule has 1 aliphatic rings. The zero-order valence-corrected chi connectivity index (χ0v) is 18.6. The molecule has 0 spiro atoms. The second-order valence-corrected chi connectivity index (χ2v) is 8.16. The zero-order valence-electron chi connectivity index (χ0n) is 18.6. The van der Waals surface area contributed by atoms with E-state index in [9.17, 15) is 4.79 Å². The van der Waals surface area contributed by atoms with Crippen molar-refractivity contribution in [3.05, 3.63) is 41.6 Å². The number of amides is 1. The Labute approximate surface area is 184 Å². The highest BCUT2D eigenvalue weighted by Crippen LogP contribution is 2.23. The van der Waals surface area contributed by atoms with Crippen molar-refractivity contribution < 1.29 is 4.79 Å². The van der Waals surface area contributed by atoms with Gasteiger partial charge in [-0.05, 0) is 45.1 Å². The van der Waals surface area contributed by atoms with Crippen molar-refractivity contribution in [3.63, 3.8) is 0 Å². The van der Waals surface area contributed by atoms with Crippen LogP contribution in [0.3, 0.4) is 0 Å². The van der Waals surface area contributed by atoms with Crippen molar-refractivity contribution in [2.75, 3.05) is 43.9 Å². The molecular weight excluding hydrogens is 390 g/mol. The van der Waals surface area contributed by atoms with Gasteiger partial charge < -0.3 is 20.4 Å². The molecule has 3 rings (SSSR count). The maximum absolute atomic E-state index is 12.2. The first-order valence-corrected chi connectivity index (χ1v) is 10.8. The molecule has 1 amide bonds. The summed E-state index contributed by atoms with van der Waals surface area (Å²) in [6.45, 7) is 4.45. The van der Waals surface area contributed by atoms with E-state index in [1.807, 2.05) is 37.2 Å². The number of nitriles is 1. The summed E-state index contributed by atoms with van der Waals surface area (Å²) in [6.07, 6.45) is 3.26. The molecule has 0 aliphatic carbocycles. The molecule has 1 aromatic carbocycles. The highest BCUT2D eigenvalue weighted by atomic mass is 16.1. The van der Waals surface area contributed by atoms with Crippen LogP contribution < -0.4 is 15.5 Å². The third kappa shape index (κ3) is 6.66. The van der Waals surface area contributed by atoms with Crippen LogP contribution in [-0.2, 0) is 11.2 Å². The molecular formula is C23H31N7O. The van der Waals surface area contributed by atoms with Gasteiger partial charge in [0.1, 0.15) is 5.82 Å². The number of carbonyl (C=O) groups is 1. The summed E-state index contributed by atoms with van der Waals surface area (Å²) >= 11 is 0. The highest BCUT2D eigenvalue weighted by Gasteiger charge is 2.25. The first-order chi connectivity index (χ1) is 15.0. The van der Waals surface area contributed by atoms with E-state index >= 15 is 0 Å². The Morgan fingerprint density at radius 2 is 2.16 bits per heavy atom. The predicted molar refractivity (Wildman–Crippen MR) is 122 cm³/mol. The van der Waals surface area contributed by atoms with Crippen molar-refractivity contribution >= 4 is 23.4 Å². The number of hydrogen-bond acceptors (Lipinski definition) is 7. The molecule has 2 aromatic rings. The number of nitrogens with one attached hydrogen (secondary N) is 2. The van der Waals surface area contributed by atoms with E-state index in [1.54, 1.807) is 12.1 Å². The number of anilines is 3. The van der Waals surface area contributed by atoms with Gasteiger partial charge in [0.2, 0.25) is 11.9 Å². The predicted octanol–water partition coefficient (Wildman–Crippen LogP) is 2.69. The van der Waals surface area contributed by atoms with Crippen LogP contribution in [0.5, 0.6) is 0 Å². The fourth-order valence-electron chi connectivity index (χ4n) is 3.59. The quantitative estimate of drug-likeness (QED) is 0.642. The summed E-state index contributed by atoms with van der Waals surface area (Å²) in [5, 5.41) is 15.5. The lowest BCUT2D eigenvalue weighted by molar-refractivity contribution is -0.121. The fourth-order valence-corrected chi connectivity index (χ4v) is 3.59. The molecule has 2 N–H and O–H groups in total. The molecule has 1 aliphatic heterocycles. The van der Waals surface area contributed by atoms with Crippen molar-refractivity contribution in [3.8, 4) is 6.07 Å². The van der Waals surface area contributed by atoms with Gasteiger partial charge in [-0.3, -0.25) is 4.79 Å². The minimum Gasteiger partial charge on any atom is -0.354 e. The second-order valence-electron chi connectivity index (χ2n) is 8.16. The van der Waals surface area contributed by atoms with Crippen LogP contribution in [0.4, 0.5) is 17.5 Å². The van der Waals surface area contributed by atoms with Crippen molar-refractivity contribution in [2.24, 2.45) is 0 Å². The van der Waals surface area contributed by atoms with Gasteiger partial charge in [-0.15, -0.1) is 0 Å². The smallest absolute Gasteiger partial charge is 0.229 e. The largest absolute Gasteiger partial charge is 0.354 e. The molecule has 0 unspecified atom stereocenters. The molecule has 8 heteroatoms. The average molecular weight is 422 g/mol. The molecule has 1 fully saturated rings. The van der Waals surface area contributed by atoms with Crippen LogP contribution in [0.15, 0.2) is 30.3 Å². The van der Waals surface area contributed by atoms with E-state index < -0.39 is 0 Å². The summed E-state index contributed by atoms with van der Waals surface area (Å²) in [4.78, 5) is 25.8. The van der Waals surface area contributed by atoms with Gasteiger partial charge >= 0.3 is 0 Å². The Kier molecular flexibility index (Phi) is 7.79. The van der Waals surface area contributed by atoms with Gasteiger partial charge in [-0.2, -0.15) is 10.2 Å². The first-order valence-electron chi connectivity index (χ1n) is 10.8. The Balaban J connectivity index is 1.70. The number of nitrogens with zero attached hydrogens (tertiary/aromatic N) is 5. The number of benzene rings is 1. The summed E-state index contributed by atoms with van der Waals surface area (Å²) < 4.78 is 0. The van der Waals surface area contributed by atoms with Crippen molar-refractivity contribution in [1.29, 1.82) is 5.26 Å². The van der Waals surface area contributed by atoms with Crippen molar-refractivity contribution in [2.45, 2.75) is 38.6 Å². The molecule has 8 nitrogen and oxygen atoms in total. The number of hydrogen-bond donors (Lipinski definition) is 2. The Bertz CT molecular complexity index is 938. The molecule has 0 bridgehead atoms. The molecule has 164 valence electrons. The molecule has 0 saturated carbocycles. The molecule has 2 heterocycles. The van der Waals surface area contributed by atoms with Gasteiger partial charge in [0.05, 0.1) is 11.6 Å². The third-order valence-electron chi connectivity index (χ3n) is 5.18. The summed E-state index contributed by atoms with van der Waals surface area (Å²) in [5.74, 6) is 1.48. The lowest BCUT2D eigenvalue weighted by Gasteiger charge is -2.20. The van der Waals surface area contributed by atoms with Crippen LogP contribution in [0, 0.1) is 11.3 Å². The maximum atomic E-state index is 12.2. The SMILES string of the molecule is CCCc1cc(N2CC[C@H](NC(=O)CCN(C)C)C2)nc(Nc2cccc(C#N)c2)n1. The summed E-state index contributed by atoms with van der Waals surface area (Å²) in [6, 6.07) is 11.6. The van der Waals surface area contributed by atoms with E-state index in [2.05, 4.69) is 33.5 Å². The second kappa shape index (κ2) is 10.7. The normalized spacial score (nSPS) is 15.7. The lowest BCUT2D eigenvalue weighted by atomic mass is 10.2. The zero-order chi connectivity index (χ0) is 22.2. The topological polar surface area (TPSA) is 97.2 Å². The van der Waals surface area contributed by atoms with Gasteiger partial charge in [0.15, 0.2) is 0 Å². The molecule has 1 saturated heterocycles. The van der Waals surface area contributed by atoms with E-state index in [4.69, 9.17) is 10.2 Å². The molecule has 31 heavy (non-hydrogen) atoms. The van der Waals surface area contributed by atoms with E-state index in [-0.39, 0.29) is 11.9 Å². The standard InChI is InChI=1S/C23H31N7O/c1-4-6-18-14-21(28-23(26-18)27-19-8-5-7-17(13-19)15-24)30-12-9-20(16-30)25-22(31)10-11-29(2)3/h5,7-8,13-14,20H,4,6,9-12,16H2,1-3H3,(H,25,31)(H,26,27,28)/t20-/m0/s1. The van der Waals surface area contributed by atoms with Crippen LogP contribution in [0.2, 0.25) is 0 Å². The van der Waals surface area contributed by atoms with Gasteiger partial charge in [0.25, 0.3) is 0 Å². The Morgan fingerprint density at radius 3 is 2.90 bits per heavy atom. The molecule has 1 atom stereocenters.